The van der Waals surface area contributed by atoms with Gasteiger partial charge in [0.1, 0.15) is 0 Å². The molecule has 4 nitrogen and oxygen atoms in total. The van der Waals surface area contributed by atoms with Gasteiger partial charge in [-0.3, -0.25) is 9.59 Å². The second-order valence-electron chi connectivity index (χ2n) is 3.98. The van der Waals surface area contributed by atoms with Crippen molar-refractivity contribution >= 4 is 11.9 Å². The Morgan fingerprint density at radius 2 is 2.07 bits per heavy atom. The zero-order valence-electron chi connectivity index (χ0n) is 8.62. The molecule has 14 heavy (non-hydrogen) atoms. The van der Waals surface area contributed by atoms with Crippen LogP contribution in [0.4, 0.5) is 0 Å². The Bertz CT molecular complexity index is 240. The van der Waals surface area contributed by atoms with Crippen LogP contribution < -0.4 is 5.32 Å². The van der Waals surface area contributed by atoms with Gasteiger partial charge in [0, 0.05) is 13.0 Å². The van der Waals surface area contributed by atoms with Crippen LogP contribution in [0.25, 0.3) is 0 Å². The number of aliphatic carboxylic acids is 1. The quantitative estimate of drug-likeness (QED) is 0.713. The summed E-state index contributed by atoms with van der Waals surface area (Å²) in [5.74, 6) is -0.873. The molecule has 1 amide bonds. The van der Waals surface area contributed by atoms with Gasteiger partial charge in [-0.25, -0.2) is 0 Å². The molecule has 0 aromatic heterocycles. The molecule has 0 radical (unpaired) electrons. The minimum absolute atomic E-state index is 0.0542. The first-order valence-electron chi connectivity index (χ1n) is 5.04. The number of carboxylic acid groups (broad SMARTS) is 1. The number of amides is 1. The Balaban J connectivity index is 2.56. The van der Waals surface area contributed by atoms with Crippen molar-refractivity contribution in [3.8, 4) is 0 Å². The first-order chi connectivity index (χ1) is 6.54. The van der Waals surface area contributed by atoms with Gasteiger partial charge in [-0.15, -0.1) is 0 Å². The largest absolute Gasteiger partial charge is 0.481 e. The number of nitrogens with one attached hydrogen (secondary N) is 1. The minimum atomic E-state index is -0.732. The van der Waals surface area contributed by atoms with Gasteiger partial charge in [0.05, 0.1) is 5.92 Å². The van der Waals surface area contributed by atoms with Crippen LogP contribution in [0.3, 0.4) is 0 Å². The van der Waals surface area contributed by atoms with Gasteiger partial charge in [-0.1, -0.05) is 13.3 Å². The van der Waals surface area contributed by atoms with Gasteiger partial charge >= 0.3 is 5.97 Å². The molecule has 0 aromatic carbocycles. The van der Waals surface area contributed by atoms with Gasteiger partial charge < -0.3 is 10.4 Å². The van der Waals surface area contributed by atoms with E-state index in [9.17, 15) is 9.59 Å². The molecule has 3 unspecified atom stereocenters. The lowest BCUT2D eigenvalue weighted by Crippen LogP contribution is -2.31. The standard InChI is InChI=1S/C10H17NO3/c1-3-7-4-8(11-6(2)12)5-9(7)10(13)14/h7-9H,3-5H2,1-2H3,(H,11,12)(H,13,14). The molecule has 1 rings (SSSR count). The lowest BCUT2D eigenvalue weighted by atomic mass is 9.94. The number of rotatable bonds is 3. The molecule has 2 N–H and O–H groups in total. The van der Waals surface area contributed by atoms with Gasteiger partial charge in [0.25, 0.3) is 0 Å². The van der Waals surface area contributed by atoms with Crippen LogP contribution in [0.15, 0.2) is 0 Å². The van der Waals surface area contributed by atoms with E-state index in [2.05, 4.69) is 5.32 Å². The molecule has 1 aliphatic rings. The van der Waals surface area contributed by atoms with Crippen LogP contribution >= 0.6 is 0 Å². The van der Waals surface area contributed by atoms with Crippen LogP contribution in [0.2, 0.25) is 0 Å². The van der Waals surface area contributed by atoms with E-state index in [1.807, 2.05) is 6.92 Å². The third-order valence-electron chi connectivity index (χ3n) is 2.94. The summed E-state index contributed by atoms with van der Waals surface area (Å²) in [5.41, 5.74) is 0. The summed E-state index contributed by atoms with van der Waals surface area (Å²) in [6, 6.07) is 0.0542. The summed E-state index contributed by atoms with van der Waals surface area (Å²) in [5, 5.41) is 11.7. The van der Waals surface area contributed by atoms with E-state index >= 15 is 0 Å². The van der Waals surface area contributed by atoms with Crippen molar-refractivity contribution in [1.29, 1.82) is 0 Å². The highest BCUT2D eigenvalue weighted by Crippen LogP contribution is 2.34. The molecule has 0 saturated heterocycles. The highest BCUT2D eigenvalue weighted by Gasteiger charge is 2.37. The normalized spacial score (nSPS) is 31.4. The molecule has 0 aromatic rings. The van der Waals surface area contributed by atoms with Crippen LogP contribution in [-0.4, -0.2) is 23.0 Å². The average molecular weight is 199 g/mol. The van der Waals surface area contributed by atoms with Crippen LogP contribution in [0, 0.1) is 11.8 Å². The van der Waals surface area contributed by atoms with Crippen molar-refractivity contribution in [2.45, 2.75) is 39.2 Å². The fourth-order valence-corrected chi connectivity index (χ4v) is 2.28. The molecule has 0 aliphatic heterocycles. The summed E-state index contributed by atoms with van der Waals surface area (Å²) < 4.78 is 0. The maximum atomic E-state index is 10.9. The van der Waals surface area contributed by atoms with Gasteiger partial charge in [0.15, 0.2) is 0 Å². The van der Waals surface area contributed by atoms with E-state index in [0.29, 0.717) is 6.42 Å². The van der Waals surface area contributed by atoms with Crippen molar-refractivity contribution in [1.82, 2.24) is 5.32 Å². The zero-order valence-corrected chi connectivity index (χ0v) is 8.62. The second-order valence-corrected chi connectivity index (χ2v) is 3.98. The maximum Gasteiger partial charge on any atom is 0.306 e. The topological polar surface area (TPSA) is 66.4 Å². The molecule has 80 valence electrons. The predicted octanol–water partition coefficient (Wildman–Crippen LogP) is 1.01. The Morgan fingerprint density at radius 3 is 2.43 bits per heavy atom. The van der Waals surface area contributed by atoms with Gasteiger partial charge in [-0.05, 0) is 18.8 Å². The molecule has 3 atom stereocenters. The fraction of sp³-hybridized carbons (Fsp3) is 0.800. The zero-order chi connectivity index (χ0) is 10.7. The van der Waals surface area contributed by atoms with Crippen molar-refractivity contribution < 1.29 is 14.7 Å². The summed E-state index contributed by atoms with van der Waals surface area (Å²) in [6.45, 7) is 3.46. The van der Waals surface area contributed by atoms with Crippen LogP contribution in [-0.2, 0) is 9.59 Å². The maximum absolute atomic E-state index is 10.9. The number of hydrogen-bond donors (Lipinski definition) is 2. The van der Waals surface area contributed by atoms with Gasteiger partial charge in [-0.2, -0.15) is 0 Å². The van der Waals surface area contributed by atoms with E-state index in [4.69, 9.17) is 5.11 Å². The highest BCUT2D eigenvalue weighted by atomic mass is 16.4. The van der Waals surface area contributed by atoms with E-state index < -0.39 is 5.97 Å². The smallest absolute Gasteiger partial charge is 0.306 e. The van der Waals surface area contributed by atoms with Gasteiger partial charge in [0.2, 0.25) is 5.91 Å². The molecule has 0 bridgehead atoms. The molecule has 1 aliphatic carbocycles. The lowest BCUT2D eigenvalue weighted by molar-refractivity contribution is -0.143. The molecule has 1 saturated carbocycles. The lowest BCUT2D eigenvalue weighted by Gasteiger charge is -2.11. The summed E-state index contributed by atoms with van der Waals surface area (Å²) in [4.78, 5) is 21.7. The van der Waals surface area contributed by atoms with E-state index in [-0.39, 0.29) is 23.8 Å². The predicted molar refractivity (Wildman–Crippen MR) is 51.7 cm³/mol. The number of carbonyl (C=O) groups excluding carboxylic acids is 1. The molecule has 1 fully saturated rings. The monoisotopic (exact) mass is 199 g/mol. The van der Waals surface area contributed by atoms with Crippen LogP contribution in [0.1, 0.15) is 33.1 Å². The molecule has 0 spiro atoms. The third kappa shape index (κ3) is 2.47. The third-order valence-corrected chi connectivity index (χ3v) is 2.94. The fourth-order valence-electron chi connectivity index (χ4n) is 2.28. The molecule has 4 heteroatoms. The SMILES string of the molecule is CCC1CC(NC(C)=O)CC1C(=O)O. The number of hydrogen-bond acceptors (Lipinski definition) is 2. The average Bonchev–Trinajstić information content (AvgIpc) is 2.46. The molecular formula is C10H17NO3. The van der Waals surface area contributed by atoms with E-state index in [1.165, 1.54) is 6.92 Å². The van der Waals surface area contributed by atoms with Crippen molar-refractivity contribution in [2.75, 3.05) is 0 Å². The summed E-state index contributed by atoms with van der Waals surface area (Å²) in [6.07, 6.45) is 2.24. The van der Waals surface area contributed by atoms with E-state index in [0.717, 1.165) is 12.8 Å². The van der Waals surface area contributed by atoms with Crippen LogP contribution in [0.5, 0.6) is 0 Å². The summed E-state index contributed by atoms with van der Waals surface area (Å²) in [7, 11) is 0. The van der Waals surface area contributed by atoms with Crippen molar-refractivity contribution in [3.05, 3.63) is 0 Å². The second kappa shape index (κ2) is 4.44. The number of carboxylic acids is 1. The van der Waals surface area contributed by atoms with Crippen molar-refractivity contribution in [2.24, 2.45) is 11.8 Å². The van der Waals surface area contributed by atoms with E-state index in [1.54, 1.807) is 0 Å². The highest BCUT2D eigenvalue weighted by molar-refractivity contribution is 5.74. The number of carbonyl (C=O) groups is 2. The van der Waals surface area contributed by atoms with Crippen molar-refractivity contribution in [3.63, 3.8) is 0 Å². The Morgan fingerprint density at radius 1 is 1.43 bits per heavy atom. The molecular weight excluding hydrogens is 182 g/mol. The Hall–Kier alpha value is -1.06. The first kappa shape index (κ1) is 11.0. The Kier molecular flexibility index (Phi) is 3.49. The molecule has 0 heterocycles. The first-order valence-corrected chi connectivity index (χ1v) is 5.04. The minimum Gasteiger partial charge on any atom is -0.481 e. The Labute approximate surface area is 83.7 Å². The summed E-state index contributed by atoms with van der Waals surface area (Å²) >= 11 is 0.